The van der Waals surface area contributed by atoms with Crippen LogP contribution in [0.4, 0.5) is 0 Å². The van der Waals surface area contributed by atoms with E-state index >= 15 is 0 Å². The van der Waals surface area contributed by atoms with Crippen LogP contribution in [0.25, 0.3) is 0 Å². The highest BCUT2D eigenvalue weighted by atomic mass is 16.1. The third-order valence-electron chi connectivity index (χ3n) is 4.72. The lowest BCUT2D eigenvalue weighted by atomic mass is 10.0. The van der Waals surface area contributed by atoms with Crippen molar-refractivity contribution < 1.29 is 9.59 Å². The van der Waals surface area contributed by atoms with Crippen molar-refractivity contribution in [1.82, 2.24) is 5.32 Å². The monoisotopic (exact) mass is 371 g/mol. The Kier molecular flexibility index (Phi) is 17.0. The summed E-state index contributed by atoms with van der Waals surface area (Å²) in [6.07, 6.45) is 11.6. The summed E-state index contributed by atoms with van der Waals surface area (Å²) in [7, 11) is 0. The van der Waals surface area contributed by atoms with Gasteiger partial charge in [-0.3, -0.25) is 9.59 Å². The first-order valence-corrected chi connectivity index (χ1v) is 10.2. The Morgan fingerprint density at radius 1 is 0.615 bits per heavy atom. The first-order chi connectivity index (χ1) is 12.5. The predicted molar refractivity (Wildman–Crippen MR) is 108 cm³/mol. The number of carbonyl (C=O) groups is 2. The van der Waals surface area contributed by atoms with Crippen molar-refractivity contribution in [3.63, 3.8) is 0 Å². The first kappa shape index (κ1) is 25.1. The molecule has 0 aromatic rings. The van der Waals surface area contributed by atoms with E-state index in [0.717, 1.165) is 64.5 Å². The molecule has 0 heterocycles. The number of rotatable bonds is 19. The molecule has 154 valence electrons. The molecule has 9 N–H and O–H groups in total. The maximum absolute atomic E-state index is 11.2. The normalized spacial score (nSPS) is 13.5. The second kappa shape index (κ2) is 17.5. The van der Waals surface area contributed by atoms with Gasteiger partial charge >= 0.3 is 0 Å². The van der Waals surface area contributed by atoms with Crippen LogP contribution < -0.4 is 28.3 Å². The number of hydrogen-bond acceptors (Lipinski definition) is 7. The van der Waals surface area contributed by atoms with Gasteiger partial charge in [0, 0.05) is 0 Å². The first-order valence-electron chi connectivity index (χ1n) is 10.2. The van der Waals surface area contributed by atoms with Crippen LogP contribution >= 0.6 is 0 Å². The van der Waals surface area contributed by atoms with Crippen LogP contribution in [0.15, 0.2) is 0 Å². The van der Waals surface area contributed by atoms with Gasteiger partial charge < -0.3 is 28.3 Å². The predicted octanol–water partition coefficient (Wildman–Crippen LogP) is 0.577. The van der Waals surface area contributed by atoms with Crippen molar-refractivity contribution in [1.29, 1.82) is 0 Å². The summed E-state index contributed by atoms with van der Waals surface area (Å²) in [5.74, 6) is -0.0837. The highest BCUT2D eigenvalue weighted by Crippen LogP contribution is 2.07. The van der Waals surface area contributed by atoms with E-state index in [2.05, 4.69) is 5.32 Å². The molecule has 0 aliphatic heterocycles. The average molecular weight is 372 g/mol. The third kappa shape index (κ3) is 14.3. The average Bonchev–Trinajstić information content (AvgIpc) is 2.66. The second-order valence-corrected chi connectivity index (χ2v) is 7.06. The Balaban J connectivity index is 3.23. The number of nitrogens with two attached hydrogens (primary N) is 4. The van der Waals surface area contributed by atoms with E-state index in [9.17, 15) is 9.59 Å². The van der Waals surface area contributed by atoms with Gasteiger partial charge in [0.15, 0.2) is 11.6 Å². The molecule has 0 aliphatic carbocycles. The molecule has 0 radical (unpaired) electrons. The highest BCUT2D eigenvalue weighted by molar-refractivity contribution is 5.85. The van der Waals surface area contributed by atoms with Gasteiger partial charge in [-0.05, 0) is 38.8 Å². The van der Waals surface area contributed by atoms with Crippen LogP contribution in [0.5, 0.6) is 0 Å². The molecule has 0 aliphatic rings. The zero-order chi connectivity index (χ0) is 19.6. The zero-order valence-corrected chi connectivity index (χ0v) is 16.4. The summed E-state index contributed by atoms with van der Waals surface area (Å²) >= 11 is 0. The van der Waals surface area contributed by atoms with Gasteiger partial charge in [0.2, 0.25) is 0 Å². The minimum atomic E-state index is -0.380. The molecule has 26 heavy (non-hydrogen) atoms. The molecule has 0 aromatic carbocycles. The van der Waals surface area contributed by atoms with Crippen LogP contribution in [0.3, 0.4) is 0 Å². The molecule has 0 fully saturated rings. The van der Waals surface area contributed by atoms with Crippen molar-refractivity contribution in [2.75, 3.05) is 26.2 Å². The van der Waals surface area contributed by atoms with Crippen molar-refractivity contribution in [3.05, 3.63) is 0 Å². The molecule has 0 saturated heterocycles. The van der Waals surface area contributed by atoms with Gasteiger partial charge in [0.1, 0.15) is 0 Å². The Bertz CT molecular complexity index is 332. The van der Waals surface area contributed by atoms with E-state index in [4.69, 9.17) is 22.9 Å². The number of hydrogen-bond donors (Lipinski definition) is 5. The summed E-state index contributed by atoms with van der Waals surface area (Å²) in [6.45, 7) is 2.20. The minimum Gasteiger partial charge on any atom is -0.324 e. The molecular weight excluding hydrogens is 330 g/mol. The fourth-order valence-corrected chi connectivity index (χ4v) is 2.86. The highest BCUT2D eigenvalue weighted by Gasteiger charge is 2.10. The van der Waals surface area contributed by atoms with E-state index in [-0.39, 0.29) is 36.7 Å². The number of unbranched alkanes of at least 4 members (excludes halogenated alkanes) is 7. The fourth-order valence-electron chi connectivity index (χ4n) is 2.86. The Morgan fingerprint density at radius 2 is 0.962 bits per heavy atom. The molecule has 0 rings (SSSR count). The van der Waals surface area contributed by atoms with E-state index < -0.39 is 0 Å². The van der Waals surface area contributed by atoms with Gasteiger partial charge in [0.05, 0.1) is 25.2 Å². The maximum atomic E-state index is 11.2. The van der Waals surface area contributed by atoms with E-state index in [1.807, 2.05) is 0 Å². The van der Waals surface area contributed by atoms with Crippen molar-refractivity contribution in [2.24, 2.45) is 22.9 Å². The van der Waals surface area contributed by atoms with Crippen LogP contribution in [-0.4, -0.2) is 49.8 Å². The second-order valence-electron chi connectivity index (χ2n) is 7.06. The standard InChI is InChI=1S/C19H41N5O2/c20-14-18(25)16(22)10-6-2-1-4-8-12-24-13-9-5-3-7-11-17(23)19(26)15-21/h16-17,24H,1-15,20-23H2. The number of carbonyl (C=O) groups excluding carboxylic acids is 2. The molecule has 0 saturated carbocycles. The van der Waals surface area contributed by atoms with E-state index in [0.29, 0.717) is 0 Å². The minimum absolute atomic E-state index is 0.0407. The quantitative estimate of drug-likeness (QED) is 0.208. The molecular formula is C19H41N5O2. The van der Waals surface area contributed by atoms with Gasteiger partial charge in [-0.15, -0.1) is 0 Å². The third-order valence-corrected chi connectivity index (χ3v) is 4.72. The zero-order valence-electron chi connectivity index (χ0n) is 16.4. The number of Topliss-reactive ketones (excluding diaryl/α,β-unsaturated/α-hetero) is 2. The molecule has 0 aromatic heterocycles. The van der Waals surface area contributed by atoms with Gasteiger partial charge in [-0.2, -0.15) is 0 Å². The Morgan fingerprint density at radius 3 is 1.35 bits per heavy atom. The summed E-state index contributed by atoms with van der Waals surface area (Å²) in [6, 6.07) is -0.756. The molecule has 2 atom stereocenters. The van der Waals surface area contributed by atoms with Crippen molar-refractivity contribution >= 4 is 11.6 Å². The smallest absolute Gasteiger partial charge is 0.162 e. The summed E-state index contributed by atoms with van der Waals surface area (Å²) in [5.41, 5.74) is 22.0. The van der Waals surface area contributed by atoms with Crippen molar-refractivity contribution in [2.45, 2.75) is 82.7 Å². The number of ketones is 2. The summed E-state index contributed by atoms with van der Waals surface area (Å²) < 4.78 is 0. The molecule has 0 bridgehead atoms. The summed E-state index contributed by atoms with van der Waals surface area (Å²) in [5, 5.41) is 3.47. The molecule has 2 unspecified atom stereocenters. The number of nitrogens with one attached hydrogen (secondary N) is 1. The Labute approximate surface area is 159 Å². The lowest BCUT2D eigenvalue weighted by Crippen LogP contribution is -2.35. The van der Waals surface area contributed by atoms with E-state index in [1.165, 1.54) is 19.3 Å². The van der Waals surface area contributed by atoms with Crippen LogP contribution in [0.2, 0.25) is 0 Å². The van der Waals surface area contributed by atoms with Gasteiger partial charge in [-0.25, -0.2) is 0 Å². The van der Waals surface area contributed by atoms with Gasteiger partial charge in [-0.1, -0.05) is 44.9 Å². The molecule has 7 heteroatoms. The Hall–Kier alpha value is -0.860. The lowest BCUT2D eigenvalue weighted by molar-refractivity contribution is -0.119. The SMILES string of the molecule is NCC(=O)C(N)CCCCCCCNCCCCCCC(N)C(=O)CN. The summed E-state index contributed by atoms with van der Waals surface area (Å²) in [4.78, 5) is 22.5. The lowest BCUT2D eigenvalue weighted by Gasteiger charge is -2.09. The topological polar surface area (TPSA) is 150 Å². The van der Waals surface area contributed by atoms with Crippen molar-refractivity contribution in [3.8, 4) is 0 Å². The maximum Gasteiger partial charge on any atom is 0.162 e. The fraction of sp³-hybridized carbons (Fsp3) is 0.895. The van der Waals surface area contributed by atoms with Gasteiger partial charge in [0.25, 0.3) is 0 Å². The van der Waals surface area contributed by atoms with Crippen LogP contribution in [0.1, 0.15) is 70.6 Å². The van der Waals surface area contributed by atoms with Crippen LogP contribution in [-0.2, 0) is 9.59 Å². The molecule has 0 spiro atoms. The molecule has 7 nitrogen and oxygen atoms in total. The van der Waals surface area contributed by atoms with E-state index in [1.54, 1.807) is 0 Å². The largest absolute Gasteiger partial charge is 0.324 e. The molecule has 0 amide bonds. The van der Waals surface area contributed by atoms with Crippen LogP contribution in [0, 0.1) is 0 Å².